The molecule has 0 atom stereocenters. The molecule has 0 aromatic heterocycles. The third-order valence-corrected chi connectivity index (χ3v) is 14.6. The molecule has 11 rings (SSSR count). The van der Waals surface area contributed by atoms with Crippen molar-refractivity contribution < 1.29 is 0 Å². The van der Waals surface area contributed by atoms with Crippen molar-refractivity contribution in [2.45, 2.75) is 76.0 Å². The molecular weight excluding hydrogens is 775 g/mol. The molecule has 0 spiro atoms. The smallest absolute Gasteiger partial charge is 0.252 e. The molecule has 0 saturated heterocycles. The summed E-state index contributed by atoms with van der Waals surface area (Å²) in [6.45, 7) is 3.81. The van der Waals surface area contributed by atoms with E-state index in [1.807, 2.05) is 13.1 Å². The highest BCUT2D eigenvalue weighted by Crippen LogP contribution is 2.47. The van der Waals surface area contributed by atoms with Gasteiger partial charge >= 0.3 is 0 Å². The Bertz CT molecular complexity index is 2690. The lowest BCUT2D eigenvalue weighted by molar-refractivity contribution is 0.444. The Hall–Kier alpha value is -6.72. The number of anilines is 6. The molecule has 0 unspecified atom stereocenters. The van der Waals surface area contributed by atoms with Gasteiger partial charge in [-0.25, -0.2) is 0 Å². The summed E-state index contributed by atoms with van der Waals surface area (Å²) in [5, 5.41) is 0. The Kier molecular flexibility index (Phi) is 10.9. The Labute approximate surface area is 379 Å². The minimum atomic E-state index is 0.0446. The summed E-state index contributed by atoms with van der Waals surface area (Å²) in [4.78, 5) is 14.1. The van der Waals surface area contributed by atoms with E-state index in [1.54, 1.807) is 6.20 Å². The van der Waals surface area contributed by atoms with Crippen LogP contribution in [0, 0.1) is 0 Å². The molecule has 7 aromatic rings. The summed E-state index contributed by atoms with van der Waals surface area (Å²) in [6.07, 6.45) is 16.7. The fourth-order valence-corrected chi connectivity index (χ4v) is 11.4. The van der Waals surface area contributed by atoms with Crippen LogP contribution in [0.4, 0.5) is 34.1 Å². The van der Waals surface area contributed by atoms with Crippen LogP contribution >= 0.6 is 0 Å². The maximum atomic E-state index is 4.86. The Balaban J connectivity index is 1.18. The quantitative estimate of drug-likeness (QED) is 0.107. The van der Waals surface area contributed by atoms with E-state index in [1.165, 1.54) is 137 Å². The molecule has 0 amide bonds. The van der Waals surface area contributed by atoms with Gasteiger partial charge in [-0.05, 0) is 149 Å². The highest BCUT2D eigenvalue weighted by molar-refractivity contribution is 7.00. The standard InChI is InChI=1S/C59H55BN4/c1-61-36-35-54(62-2)49-39-57-59-58(40-49)64(51-31-25-46(26-32-51)42-17-9-4-10-18-42)56-34-28-48(44-21-13-6-14-22-44)38-53(56)60(59)52-37-47(43-19-11-5-12-20-43)27-33-55(52)63(57)50-29-23-45(24-30-50)41-15-7-3-8-16-41/h3-4,7-10,15-18,23-40,43-44H,1,5-6,11-14,19-22H2,2H3/b36-35-,62-54?. The van der Waals surface area contributed by atoms with Crippen molar-refractivity contribution in [2.24, 2.45) is 9.98 Å². The van der Waals surface area contributed by atoms with Gasteiger partial charge in [0, 0.05) is 52.9 Å². The van der Waals surface area contributed by atoms with Crippen molar-refractivity contribution in [1.82, 2.24) is 0 Å². The molecule has 0 bridgehead atoms. The number of rotatable bonds is 9. The predicted octanol–water partition coefficient (Wildman–Crippen LogP) is 13.8. The summed E-state index contributed by atoms with van der Waals surface area (Å²) in [6, 6.07) is 59.7. The first-order valence-corrected chi connectivity index (χ1v) is 23.6. The van der Waals surface area contributed by atoms with Crippen LogP contribution < -0.4 is 26.2 Å². The zero-order valence-corrected chi connectivity index (χ0v) is 37.0. The monoisotopic (exact) mass is 830 g/mol. The van der Waals surface area contributed by atoms with E-state index < -0.39 is 0 Å². The van der Waals surface area contributed by atoms with Crippen LogP contribution in [0.1, 0.15) is 92.7 Å². The number of aliphatic imine (C=N–C) groups is 2. The van der Waals surface area contributed by atoms with Gasteiger partial charge in [0.2, 0.25) is 0 Å². The van der Waals surface area contributed by atoms with E-state index in [0.717, 1.165) is 22.6 Å². The van der Waals surface area contributed by atoms with Gasteiger partial charge in [0.05, 0.1) is 5.71 Å². The predicted molar refractivity (Wildman–Crippen MR) is 274 cm³/mol. The SMILES string of the molecule is C=N/C=C\C(=NC)c1cc2c3c(c1)N(c1ccc(-c4ccccc4)cc1)c1ccc(C4CCCCC4)cc1B3c1cc(C3CCCCC3)ccc1N2c1ccc(-c2ccccc2)cc1. The number of hydrogen-bond acceptors (Lipinski definition) is 4. The molecule has 4 aliphatic rings. The lowest BCUT2D eigenvalue weighted by Gasteiger charge is -2.45. The molecule has 314 valence electrons. The minimum Gasteiger partial charge on any atom is -0.311 e. The van der Waals surface area contributed by atoms with Gasteiger partial charge in [-0.15, -0.1) is 0 Å². The van der Waals surface area contributed by atoms with Crippen LogP contribution in [-0.2, 0) is 0 Å². The second-order valence-electron chi connectivity index (χ2n) is 18.3. The summed E-state index contributed by atoms with van der Waals surface area (Å²) >= 11 is 0. The second-order valence-corrected chi connectivity index (χ2v) is 18.3. The van der Waals surface area contributed by atoms with Gasteiger partial charge < -0.3 is 9.80 Å². The van der Waals surface area contributed by atoms with Crippen LogP contribution in [0.5, 0.6) is 0 Å². The third-order valence-electron chi connectivity index (χ3n) is 14.6. The number of allylic oxidation sites excluding steroid dienone is 1. The maximum absolute atomic E-state index is 4.86. The molecule has 2 saturated carbocycles. The molecular formula is C59H55BN4. The minimum absolute atomic E-state index is 0.0446. The summed E-state index contributed by atoms with van der Waals surface area (Å²) in [7, 11) is 1.88. The Morgan fingerprint density at radius 2 is 0.953 bits per heavy atom. The number of hydrogen-bond donors (Lipinski definition) is 0. The Morgan fingerprint density at radius 1 is 0.516 bits per heavy atom. The van der Waals surface area contributed by atoms with Crippen molar-refractivity contribution in [3.05, 3.63) is 187 Å². The van der Waals surface area contributed by atoms with E-state index in [0.29, 0.717) is 11.8 Å². The highest BCUT2D eigenvalue weighted by Gasteiger charge is 2.44. The summed E-state index contributed by atoms with van der Waals surface area (Å²) in [5.74, 6) is 1.18. The maximum Gasteiger partial charge on any atom is 0.252 e. The van der Waals surface area contributed by atoms with E-state index >= 15 is 0 Å². The first-order chi connectivity index (χ1) is 31.7. The van der Waals surface area contributed by atoms with E-state index in [-0.39, 0.29) is 6.71 Å². The van der Waals surface area contributed by atoms with Gasteiger partial charge in [-0.3, -0.25) is 9.98 Å². The largest absolute Gasteiger partial charge is 0.311 e. The van der Waals surface area contributed by atoms with E-state index in [4.69, 9.17) is 4.99 Å². The number of benzene rings is 7. The molecule has 7 aromatic carbocycles. The average molecular weight is 831 g/mol. The van der Waals surface area contributed by atoms with E-state index in [9.17, 15) is 0 Å². The topological polar surface area (TPSA) is 31.2 Å². The van der Waals surface area contributed by atoms with Crippen LogP contribution in [-0.4, -0.2) is 26.2 Å². The molecule has 0 N–H and O–H groups in total. The van der Waals surface area contributed by atoms with Crippen molar-refractivity contribution in [2.75, 3.05) is 16.8 Å². The van der Waals surface area contributed by atoms with Crippen molar-refractivity contribution in [3.63, 3.8) is 0 Å². The number of fused-ring (bicyclic) bond motifs is 4. The summed E-state index contributed by atoms with van der Waals surface area (Å²) < 4.78 is 0. The fourth-order valence-electron chi connectivity index (χ4n) is 11.4. The first-order valence-electron chi connectivity index (χ1n) is 23.6. The lowest BCUT2D eigenvalue weighted by Crippen LogP contribution is -2.61. The van der Waals surface area contributed by atoms with Crippen LogP contribution in [0.3, 0.4) is 0 Å². The molecule has 2 aliphatic carbocycles. The van der Waals surface area contributed by atoms with Crippen molar-refractivity contribution in [1.29, 1.82) is 0 Å². The summed E-state index contributed by atoms with van der Waals surface area (Å²) in [5.41, 5.74) is 21.0. The molecule has 5 heteroatoms. The van der Waals surface area contributed by atoms with Crippen molar-refractivity contribution in [3.8, 4) is 22.3 Å². The Morgan fingerprint density at radius 3 is 1.38 bits per heavy atom. The number of nitrogens with zero attached hydrogens (tertiary/aromatic N) is 4. The average Bonchev–Trinajstić information content (AvgIpc) is 3.37. The lowest BCUT2D eigenvalue weighted by atomic mass is 9.33. The van der Waals surface area contributed by atoms with Gasteiger partial charge in [-0.2, -0.15) is 0 Å². The third kappa shape index (κ3) is 7.31. The normalized spacial score (nSPS) is 16.4. The fraction of sp³-hybridized carbons (Fsp3) is 0.220. The van der Waals surface area contributed by atoms with Crippen LogP contribution in [0.15, 0.2) is 180 Å². The first kappa shape index (κ1) is 40.1. The molecule has 2 fully saturated rings. The molecule has 2 heterocycles. The molecule has 4 nitrogen and oxygen atoms in total. The van der Waals surface area contributed by atoms with Gasteiger partial charge in [0.1, 0.15) is 0 Å². The van der Waals surface area contributed by atoms with Crippen LogP contribution in [0.2, 0.25) is 0 Å². The van der Waals surface area contributed by atoms with Crippen LogP contribution in [0.25, 0.3) is 22.3 Å². The second kappa shape index (κ2) is 17.5. The zero-order valence-electron chi connectivity index (χ0n) is 37.0. The van der Waals surface area contributed by atoms with E-state index in [2.05, 4.69) is 179 Å². The molecule has 64 heavy (non-hydrogen) atoms. The van der Waals surface area contributed by atoms with Gasteiger partial charge in [-0.1, -0.05) is 148 Å². The highest BCUT2D eigenvalue weighted by atomic mass is 15.2. The molecule has 2 aliphatic heterocycles. The van der Waals surface area contributed by atoms with Gasteiger partial charge in [0.15, 0.2) is 0 Å². The van der Waals surface area contributed by atoms with Crippen molar-refractivity contribution >= 4 is 69.7 Å². The van der Waals surface area contributed by atoms with Gasteiger partial charge in [0.25, 0.3) is 6.71 Å². The molecule has 0 radical (unpaired) electrons. The zero-order chi connectivity index (χ0) is 43.0.